The first kappa shape index (κ1) is 12.8. The van der Waals surface area contributed by atoms with Gasteiger partial charge in [-0.1, -0.05) is 30.3 Å². The number of Topliss-reactive ketones (excluding diaryl/α,β-unsaturated/α-hetero) is 1. The van der Waals surface area contributed by atoms with Crippen molar-refractivity contribution in [3.63, 3.8) is 0 Å². The molecule has 1 aliphatic rings. The molecule has 0 spiro atoms. The first-order valence-electron chi connectivity index (χ1n) is 6.21. The quantitative estimate of drug-likeness (QED) is 0.646. The molecular formula is C14H17NO3. The summed E-state index contributed by atoms with van der Waals surface area (Å²) in [4.78, 5) is 23.6. The van der Waals surface area contributed by atoms with Crippen LogP contribution in [0.4, 0.5) is 0 Å². The molecule has 4 heteroatoms. The van der Waals surface area contributed by atoms with Crippen LogP contribution in [0.3, 0.4) is 0 Å². The number of carbonyl (C=O) groups is 2. The number of ketones is 1. The number of hydrogen-bond acceptors (Lipinski definition) is 4. The second-order valence-corrected chi connectivity index (χ2v) is 4.43. The summed E-state index contributed by atoms with van der Waals surface area (Å²) in [6, 6.07) is 9.48. The fourth-order valence-electron chi connectivity index (χ4n) is 2.01. The van der Waals surface area contributed by atoms with E-state index in [2.05, 4.69) is 5.32 Å². The maximum absolute atomic E-state index is 11.9. The number of esters is 1. The highest BCUT2D eigenvalue weighted by molar-refractivity contribution is 6.00. The Morgan fingerprint density at radius 3 is 2.89 bits per heavy atom. The summed E-state index contributed by atoms with van der Waals surface area (Å²) in [7, 11) is 0. The van der Waals surface area contributed by atoms with E-state index in [0.717, 1.165) is 18.5 Å². The van der Waals surface area contributed by atoms with Crippen LogP contribution in [0, 0.1) is 5.92 Å². The van der Waals surface area contributed by atoms with E-state index in [1.807, 2.05) is 30.3 Å². The van der Waals surface area contributed by atoms with E-state index in [4.69, 9.17) is 4.74 Å². The number of rotatable bonds is 3. The van der Waals surface area contributed by atoms with Gasteiger partial charge in [-0.15, -0.1) is 0 Å². The van der Waals surface area contributed by atoms with Gasteiger partial charge in [0.05, 0.1) is 6.54 Å². The van der Waals surface area contributed by atoms with Crippen LogP contribution in [0.1, 0.15) is 18.4 Å². The highest BCUT2D eigenvalue weighted by atomic mass is 16.5. The number of hydrogen-bond donors (Lipinski definition) is 1. The van der Waals surface area contributed by atoms with Crippen molar-refractivity contribution in [1.29, 1.82) is 0 Å². The van der Waals surface area contributed by atoms with Gasteiger partial charge in [0.25, 0.3) is 0 Å². The van der Waals surface area contributed by atoms with E-state index in [9.17, 15) is 9.59 Å². The second kappa shape index (κ2) is 6.31. The fraction of sp³-hybridized carbons (Fsp3) is 0.429. The van der Waals surface area contributed by atoms with E-state index in [1.54, 1.807) is 0 Å². The molecular weight excluding hydrogens is 230 g/mol. The van der Waals surface area contributed by atoms with Crippen LogP contribution in [-0.2, 0) is 20.9 Å². The summed E-state index contributed by atoms with van der Waals surface area (Å²) < 4.78 is 5.21. The lowest BCUT2D eigenvalue weighted by Gasteiger charge is -2.12. The molecule has 1 aliphatic heterocycles. The van der Waals surface area contributed by atoms with Crippen molar-refractivity contribution in [2.75, 3.05) is 13.1 Å². The highest BCUT2D eigenvalue weighted by Gasteiger charge is 2.28. The molecule has 0 aliphatic carbocycles. The van der Waals surface area contributed by atoms with Gasteiger partial charge in [-0.2, -0.15) is 0 Å². The summed E-state index contributed by atoms with van der Waals surface area (Å²) in [5, 5.41) is 3.00. The lowest BCUT2D eigenvalue weighted by molar-refractivity contribution is -0.153. The maximum atomic E-state index is 11.9. The lowest BCUT2D eigenvalue weighted by Crippen LogP contribution is -2.30. The molecule has 1 unspecified atom stereocenters. The third-order valence-corrected chi connectivity index (χ3v) is 3.04. The molecule has 1 heterocycles. The standard InChI is InChI=1S/C14H17NO3/c16-13-9-15-8-4-7-12(13)14(17)18-10-11-5-2-1-3-6-11/h1-3,5-6,12,15H,4,7-10H2. The van der Waals surface area contributed by atoms with Gasteiger partial charge < -0.3 is 10.1 Å². The van der Waals surface area contributed by atoms with Crippen molar-refractivity contribution in [3.8, 4) is 0 Å². The maximum Gasteiger partial charge on any atom is 0.316 e. The highest BCUT2D eigenvalue weighted by Crippen LogP contribution is 2.13. The van der Waals surface area contributed by atoms with Gasteiger partial charge >= 0.3 is 5.97 Å². The predicted octanol–water partition coefficient (Wildman–Crippen LogP) is 1.30. The molecule has 1 aromatic carbocycles. The van der Waals surface area contributed by atoms with Crippen molar-refractivity contribution in [2.45, 2.75) is 19.4 Å². The monoisotopic (exact) mass is 247 g/mol. The van der Waals surface area contributed by atoms with Crippen LogP contribution in [-0.4, -0.2) is 24.8 Å². The molecule has 1 aromatic rings. The Bertz CT molecular complexity index is 416. The Morgan fingerprint density at radius 2 is 2.11 bits per heavy atom. The van der Waals surface area contributed by atoms with Gasteiger partial charge in [-0.05, 0) is 24.9 Å². The lowest BCUT2D eigenvalue weighted by atomic mass is 10.00. The first-order valence-corrected chi connectivity index (χ1v) is 6.21. The molecule has 1 atom stereocenters. The number of carbonyl (C=O) groups excluding carboxylic acids is 2. The van der Waals surface area contributed by atoms with Crippen molar-refractivity contribution < 1.29 is 14.3 Å². The van der Waals surface area contributed by atoms with E-state index in [1.165, 1.54) is 0 Å². The van der Waals surface area contributed by atoms with Gasteiger partial charge in [0.1, 0.15) is 12.5 Å². The molecule has 0 bridgehead atoms. The van der Waals surface area contributed by atoms with Crippen molar-refractivity contribution in [1.82, 2.24) is 5.32 Å². The van der Waals surface area contributed by atoms with Crippen LogP contribution in [0.2, 0.25) is 0 Å². The summed E-state index contributed by atoms with van der Waals surface area (Å²) in [5.74, 6) is -1.05. The zero-order valence-electron chi connectivity index (χ0n) is 10.2. The van der Waals surface area contributed by atoms with Crippen LogP contribution in [0.5, 0.6) is 0 Å². The Morgan fingerprint density at radius 1 is 1.33 bits per heavy atom. The van der Waals surface area contributed by atoms with Crippen LogP contribution in [0.15, 0.2) is 30.3 Å². The summed E-state index contributed by atoms with van der Waals surface area (Å²) in [5.41, 5.74) is 0.935. The smallest absolute Gasteiger partial charge is 0.316 e. The minimum absolute atomic E-state index is 0.0643. The molecule has 1 fully saturated rings. The number of benzene rings is 1. The number of ether oxygens (including phenoxy) is 1. The molecule has 2 rings (SSSR count). The van der Waals surface area contributed by atoms with Crippen molar-refractivity contribution in [2.24, 2.45) is 5.92 Å². The van der Waals surface area contributed by atoms with Gasteiger partial charge in [0, 0.05) is 0 Å². The normalized spacial score (nSPS) is 20.2. The van der Waals surface area contributed by atoms with Gasteiger partial charge in [-0.25, -0.2) is 0 Å². The average molecular weight is 247 g/mol. The van der Waals surface area contributed by atoms with Gasteiger partial charge in [0.2, 0.25) is 0 Å². The Kier molecular flexibility index (Phi) is 4.47. The molecule has 0 saturated carbocycles. The molecule has 18 heavy (non-hydrogen) atoms. The topological polar surface area (TPSA) is 55.4 Å². The Balaban J connectivity index is 1.89. The Labute approximate surface area is 106 Å². The van der Waals surface area contributed by atoms with E-state index in [0.29, 0.717) is 6.42 Å². The zero-order chi connectivity index (χ0) is 12.8. The molecule has 1 N–H and O–H groups in total. The van der Waals surface area contributed by atoms with Crippen LogP contribution >= 0.6 is 0 Å². The van der Waals surface area contributed by atoms with Crippen LogP contribution in [0.25, 0.3) is 0 Å². The Hall–Kier alpha value is -1.68. The minimum atomic E-state index is -0.594. The SMILES string of the molecule is O=C1CNCCCC1C(=O)OCc1ccccc1. The molecule has 0 aromatic heterocycles. The molecule has 1 saturated heterocycles. The molecule has 0 radical (unpaired) electrons. The number of nitrogens with one attached hydrogen (secondary N) is 1. The predicted molar refractivity (Wildman–Crippen MR) is 66.8 cm³/mol. The fourth-order valence-corrected chi connectivity index (χ4v) is 2.01. The molecule has 96 valence electrons. The van der Waals surface area contributed by atoms with E-state index >= 15 is 0 Å². The first-order chi connectivity index (χ1) is 8.77. The summed E-state index contributed by atoms with van der Waals surface area (Å²) in [6.07, 6.45) is 1.41. The minimum Gasteiger partial charge on any atom is -0.460 e. The third-order valence-electron chi connectivity index (χ3n) is 3.04. The van der Waals surface area contributed by atoms with Crippen molar-refractivity contribution >= 4 is 11.8 Å². The van der Waals surface area contributed by atoms with Gasteiger partial charge in [0.15, 0.2) is 5.78 Å². The molecule has 4 nitrogen and oxygen atoms in total. The summed E-state index contributed by atoms with van der Waals surface area (Å²) >= 11 is 0. The average Bonchev–Trinajstić information content (AvgIpc) is 2.62. The van der Waals surface area contributed by atoms with Crippen molar-refractivity contribution in [3.05, 3.63) is 35.9 Å². The zero-order valence-corrected chi connectivity index (χ0v) is 10.2. The molecule has 0 amide bonds. The van der Waals surface area contributed by atoms with Crippen LogP contribution < -0.4 is 5.32 Å². The third kappa shape index (κ3) is 3.40. The second-order valence-electron chi connectivity index (χ2n) is 4.43. The van der Waals surface area contributed by atoms with Gasteiger partial charge in [-0.3, -0.25) is 9.59 Å². The van der Waals surface area contributed by atoms with E-state index < -0.39 is 11.9 Å². The summed E-state index contributed by atoms with van der Waals surface area (Å²) in [6.45, 7) is 1.29. The largest absolute Gasteiger partial charge is 0.460 e. The van der Waals surface area contributed by atoms with E-state index in [-0.39, 0.29) is 18.9 Å².